The molecule has 4 atom stereocenters. The highest BCUT2D eigenvalue weighted by atomic mass is 19.1. The minimum absolute atomic E-state index is 0.297. The summed E-state index contributed by atoms with van der Waals surface area (Å²) >= 11 is 0. The average molecular weight is 445 g/mol. The van der Waals surface area contributed by atoms with E-state index >= 15 is 4.39 Å². The van der Waals surface area contributed by atoms with Crippen LogP contribution in [0.5, 0.6) is 0 Å². The molecule has 166 valence electrons. The second-order valence-corrected chi connectivity index (χ2v) is 8.72. The van der Waals surface area contributed by atoms with Crippen molar-refractivity contribution in [1.82, 2.24) is 25.1 Å². The number of carbonyl (C=O) groups is 1. The predicted octanol–water partition coefficient (Wildman–Crippen LogP) is 2.12. The Morgan fingerprint density at radius 3 is 2.67 bits per heavy atom. The molecule has 10 heteroatoms. The van der Waals surface area contributed by atoms with Gasteiger partial charge in [-0.1, -0.05) is 6.07 Å². The van der Waals surface area contributed by atoms with Gasteiger partial charge in [-0.25, -0.2) is 9.18 Å². The smallest absolute Gasteiger partial charge is 0.414 e. The van der Waals surface area contributed by atoms with Crippen LogP contribution in [-0.2, 0) is 16.7 Å². The summed E-state index contributed by atoms with van der Waals surface area (Å²) in [5.41, 5.74) is 1.66. The highest BCUT2D eigenvalue weighted by molar-refractivity contribution is 5.90. The maximum Gasteiger partial charge on any atom is 0.414 e. The molecule has 1 saturated carbocycles. The summed E-state index contributed by atoms with van der Waals surface area (Å²) in [6, 6.07) is 10.8. The Hall–Kier alpha value is -3.84. The first kappa shape index (κ1) is 19.8. The number of fused-ring (bicyclic) bond motifs is 1. The molecule has 1 N–H and O–H groups in total. The van der Waals surface area contributed by atoms with Gasteiger partial charge in [-0.05, 0) is 24.3 Å². The standard InChI is InChI=1S/C23H20FN7O2/c24-20-5-15(31-10-16(33-22(31)32)9-30-12-28-29-13-30)2-3-17(20)14-1-4-21(27-6-14)23(11-25)18-7-26-8-19(18)23/h1-6,12-13,16,18-19,26H,7-10H2/t16-,18-,19+,23+/m0/s1. The maximum atomic E-state index is 15.0. The van der Waals surface area contributed by atoms with Gasteiger partial charge in [0.15, 0.2) is 0 Å². The third kappa shape index (κ3) is 3.08. The van der Waals surface area contributed by atoms with Crippen molar-refractivity contribution in [1.29, 1.82) is 5.26 Å². The van der Waals surface area contributed by atoms with Crippen molar-refractivity contribution >= 4 is 11.8 Å². The molecule has 3 aromatic rings. The third-order valence-corrected chi connectivity index (χ3v) is 6.98. The van der Waals surface area contributed by atoms with E-state index in [9.17, 15) is 10.1 Å². The molecule has 3 fully saturated rings. The van der Waals surface area contributed by atoms with Gasteiger partial charge < -0.3 is 14.6 Å². The highest BCUT2D eigenvalue weighted by Gasteiger charge is 2.69. The zero-order chi connectivity index (χ0) is 22.6. The number of halogens is 1. The van der Waals surface area contributed by atoms with E-state index in [2.05, 4.69) is 26.6 Å². The van der Waals surface area contributed by atoms with Gasteiger partial charge in [0.2, 0.25) is 0 Å². The number of piperidine rings is 1. The number of cyclic esters (lactones) is 1. The number of nitrogens with one attached hydrogen (secondary N) is 1. The highest BCUT2D eigenvalue weighted by Crippen LogP contribution is 2.60. The molecule has 1 aliphatic carbocycles. The summed E-state index contributed by atoms with van der Waals surface area (Å²) in [6.45, 7) is 2.39. The lowest BCUT2D eigenvalue weighted by Crippen LogP contribution is -2.25. The largest absolute Gasteiger partial charge is 0.442 e. The molecule has 1 amide bonds. The van der Waals surface area contributed by atoms with E-state index in [0.29, 0.717) is 41.7 Å². The first-order valence-electron chi connectivity index (χ1n) is 10.8. The van der Waals surface area contributed by atoms with Gasteiger partial charge >= 0.3 is 6.09 Å². The van der Waals surface area contributed by atoms with Gasteiger partial charge in [0.1, 0.15) is 30.0 Å². The van der Waals surface area contributed by atoms with Crippen molar-refractivity contribution in [2.45, 2.75) is 18.1 Å². The molecule has 2 aliphatic heterocycles. The third-order valence-electron chi connectivity index (χ3n) is 6.98. The molecule has 33 heavy (non-hydrogen) atoms. The molecule has 0 spiro atoms. The van der Waals surface area contributed by atoms with Crippen molar-refractivity contribution in [2.75, 3.05) is 24.5 Å². The van der Waals surface area contributed by atoms with Crippen LogP contribution in [0.1, 0.15) is 5.69 Å². The van der Waals surface area contributed by atoms with Crippen LogP contribution in [0.2, 0.25) is 0 Å². The zero-order valence-electron chi connectivity index (χ0n) is 17.6. The van der Waals surface area contributed by atoms with Crippen molar-refractivity contribution < 1.29 is 13.9 Å². The van der Waals surface area contributed by atoms with Crippen LogP contribution in [0, 0.1) is 29.0 Å². The topological polar surface area (TPSA) is 109 Å². The van der Waals surface area contributed by atoms with Crippen molar-refractivity contribution in [2.24, 2.45) is 11.8 Å². The van der Waals surface area contributed by atoms with Gasteiger partial charge in [-0.15, -0.1) is 10.2 Å². The number of nitriles is 1. The number of nitrogens with zero attached hydrogens (tertiary/aromatic N) is 6. The molecule has 2 saturated heterocycles. The number of aromatic nitrogens is 4. The summed E-state index contributed by atoms with van der Waals surface area (Å²) < 4.78 is 22.2. The van der Waals surface area contributed by atoms with Crippen molar-refractivity contribution in [3.05, 3.63) is 60.7 Å². The first-order valence-corrected chi connectivity index (χ1v) is 10.8. The molecule has 2 aromatic heterocycles. The fraction of sp³-hybridized carbons (Fsp3) is 0.348. The van der Waals surface area contributed by atoms with Gasteiger partial charge in [-0.2, -0.15) is 5.26 Å². The van der Waals surface area contributed by atoms with E-state index in [1.807, 2.05) is 6.07 Å². The number of amides is 1. The van der Waals surface area contributed by atoms with E-state index in [0.717, 1.165) is 18.8 Å². The summed E-state index contributed by atoms with van der Waals surface area (Å²) in [5, 5.41) is 20.5. The molecule has 0 radical (unpaired) electrons. The van der Waals surface area contributed by atoms with E-state index in [1.54, 1.807) is 41.6 Å². The maximum absolute atomic E-state index is 15.0. The summed E-state index contributed by atoms with van der Waals surface area (Å²) in [5.74, 6) is 0.136. The lowest BCUT2D eigenvalue weighted by molar-refractivity contribution is 0.131. The lowest BCUT2D eigenvalue weighted by atomic mass is 9.96. The van der Waals surface area contributed by atoms with Gasteiger partial charge in [0.25, 0.3) is 0 Å². The Morgan fingerprint density at radius 1 is 1.21 bits per heavy atom. The van der Waals surface area contributed by atoms with E-state index < -0.39 is 17.3 Å². The van der Waals surface area contributed by atoms with Crippen LogP contribution < -0.4 is 10.2 Å². The van der Waals surface area contributed by atoms with E-state index in [1.165, 1.54) is 11.0 Å². The number of pyridine rings is 1. The number of ether oxygens (including phenoxy) is 1. The van der Waals surface area contributed by atoms with Gasteiger partial charge in [-0.3, -0.25) is 9.88 Å². The van der Waals surface area contributed by atoms with Crippen LogP contribution in [0.25, 0.3) is 11.1 Å². The van der Waals surface area contributed by atoms with Crippen LogP contribution in [0.4, 0.5) is 14.9 Å². The van der Waals surface area contributed by atoms with E-state index in [-0.39, 0.29) is 6.10 Å². The van der Waals surface area contributed by atoms with Gasteiger partial charge in [0, 0.05) is 42.2 Å². The second kappa shape index (κ2) is 7.35. The summed E-state index contributed by atoms with van der Waals surface area (Å²) in [7, 11) is 0. The molecule has 9 nitrogen and oxygen atoms in total. The summed E-state index contributed by atoms with van der Waals surface area (Å²) in [6.07, 6.45) is 3.83. The predicted molar refractivity (Wildman–Crippen MR) is 114 cm³/mol. The minimum atomic E-state index is -0.522. The normalized spacial score (nSPS) is 27.8. The fourth-order valence-electron chi connectivity index (χ4n) is 5.23. The second-order valence-electron chi connectivity index (χ2n) is 8.72. The van der Waals surface area contributed by atoms with Crippen LogP contribution in [0.15, 0.2) is 49.2 Å². The number of hydrogen-bond acceptors (Lipinski definition) is 7. The number of rotatable bonds is 5. The molecule has 4 heterocycles. The van der Waals surface area contributed by atoms with Crippen LogP contribution in [0.3, 0.4) is 0 Å². The lowest BCUT2D eigenvalue weighted by Gasteiger charge is -2.15. The molecular weight excluding hydrogens is 425 g/mol. The number of carbonyl (C=O) groups excluding carboxylic acids is 1. The number of benzene rings is 1. The zero-order valence-corrected chi connectivity index (χ0v) is 17.6. The Morgan fingerprint density at radius 2 is 2.00 bits per heavy atom. The summed E-state index contributed by atoms with van der Waals surface area (Å²) in [4.78, 5) is 18.3. The quantitative estimate of drug-likeness (QED) is 0.641. The van der Waals surface area contributed by atoms with Gasteiger partial charge in [0.05, 0.1) is 30.5 Å². The molecular formula is C23H20FN7O2. The van der Waals surface area contributed by atoms with Crippen molar-refractivity contribution in [3.8, 4) is 17.2 Å². The Balaban J connectivity index is 1.20. The monoisotopic (exact) mass is 445 g/mol. The SMILES string of the molecule is N#C[C@]1(c2ccc(-c3ccc(N4C[C@H](Cn5cnnc5)OC4=O)cc3F)cn2)[C@@H]2CNC[C@@H]21. The molecule has 1 aromatic carbocycles. The molecule has 0 bridgehead atoms. The Kier molecular flexibility index (Phi) is 4.41. The minimum Gasteiger partial charge on any atom is -0.442 e. The number of hydrogen-bond donors (Lipinski definition) is 1. The molecule has 0 unspecified atom stereocenters. The fourth-order valence-corrected chi connectivity index (χ4v) is 5.23. The average Bonchev–Trinajstić information content (AvgIpc) is 3.35. The molecule has 3 aliphatic rings. The first-order chi connectivity index (χ1) is 16.1. The van der Waals surface area contributed by atoms with E-state index in [4.69, 9.17) is 4.74 Å². The van der Waals surface area contributed by atoms with Crippen molar-refractivity contribution in [3.63, 3.8) is 0 Å². The molecule has 6 rings (SSSR count). The van der Waals surface area contributed by atoms with Crippen LogP contribution >= 0.6 is 0 Å². The Labute approximate surface area is 188 Å². The number of anilines is 1. The Bertz CT molecular complexity index is 1240. The van der Waals surface area contributed by atoms with Crippen LogP contribution in [-0.4, -0.2) is 51.6 Å².